The smallest absolute Gasteiger partial charge is 0.242 e. The third-order valence-corrected chi connectivity index (χ3v) is 4.23. The van der Waals surface area contributed by atoms with E-state index in [4.69, 9.17) is 10.5 Å². The first-order chi connectivity index (χ1) is 8.38. The molecule has 6 heteroatoms. The van der Waals surface area contributed by atoms with Crippen LogP contribution in [0.3, 0.4) is 0 Å². The molecule has 0 fully saturated rings. The van der Waals surface area contributed by atoms with E-state index in [1.165, 1.54) is 0 Å². The van der Waals surface area contributed by atoms with Gasteiger partial charge in [0.15, 0.2) is 0 Å². The number of methoxy groups -OCH3 is 1. The highest BCUT2D eigenvalue weighted by molar-refractivity contribution is 7.89. The summed E-state index contributed by atoms with van der Waals surface area (Å²) in [4.78, 5) is 0.162. The number of benzene rings is 1. The molecule has 102 valence electrons. The minimum absolute atomic E-state index is 0.106. The summed E-state index contributed by atoms with van der Waals surface area (Å²) in [6.07, 6.45) is 0. The summed E-state index contributed by atoms with van der Waals surface area (Å²) in [6.45, 7) is 4.46. The Morgan fingerprint density at radius 1 is 1.44 bits per heavy atom. The summed E-state index contributed by atoms with van der Waals surface area (Å²) in [5.41, 5.74) is 6.63. The van der Waals surface area contributed by atoms with Crippen molar-refractivity contribution in [2.45, 2.75) is 18.7 Å². The van der Waals surface area contributed by atoms with Crippen molar-refractivity contribution in [3.05, 3.63) is 23.8 Å². The monoisotopic (exact) mass is 272 g/mol. The van der Waals surface area contributed by atoms with Crippen molar-refractivity contribution < 1.29 is 13.2 Å². The number of hydrogen-bond acceptors (Lipinski definition) is 4. The number of ether oxygens (including phenoxy) is 1. The van der Waals surface area contributed by atoms with Crippen LogP contribution in [-0.4, -0.2) is 28.7 Å². The second-order valence-electron chi connectivity index (χ2n) is 4.41. The van der Waals surface area contributed by atoms with Crippen LogP contribution >= 0.6 is 0 Å². The Hall–Kier alpha value is -1.11. The highest BCUT2D eigenvalue weighted by Gasteiger charge is 2.20. The maximum atomic E-state index is 12.2. The molecule has 1 aromatic carbocycles. The summed E-state index contributed by atoms with van der Waals surface area (Å²) in [7, 11) is -1.98. The minimum Gasteiger partial charge on any atom is -0.398 e. The fraction of sp³-hybridized carbons (Fsp3) is 0.500. The lowest BCUT2D eigenvalue weighted by Crippen LogP contribution is -2.31. The number of nitrogen functional groups attached to an aromatic ring is 1. The summed E-state index contributed by atoms with van der Waals surface area (Å²) in [5.74, 6) is 0.106. The van der Waals surface area contributed by atoms with Crippen molar-refractivity contribution in [1.29, 1.82) is 0 Å². The Bertz CT molecular complexity index is 480. The molecule has 1 aromatic rings. The highest BCUT2D eigenvalue weighted by atomic mass is 32.2. The number of nitrogens with two attached hydrogens (primary N) is 1. The van der Waals surface area contributed by atoms with Gasteiger partial charge in [-0.05, 0) is 24.5 Å². The molecule has 0 radical (unpaired) electrons. The lowest BCUT2D eigenvalue weighted by Gasteiger charge is -2.14. The topological polar surface area (TPSA) is 81.4 Å². The number of sulfonamides is 1. The Labute approximate surface area is 108 Å². The van der Waals surface area contributed by atoms with Crippen molar-refractivity contribution in [3.63, 3.8) is 0 Å². The molecule has 1 rings (SSSR count). The van der Waals surface area contributed by atoms with Crippen molar-refractivity contribution in [2.75, 3.05) is 26.0 Å². The molecule has 0 saturated carbocycles. The SMILES string of the molecule is COCC(C)CNS(=O)(=O)c1c(C)cccc1N. The van der Waals surface area contributed by atoms with Gasteiger partial charge in [-0.15, -0.1) is 0 Å². The first-order valence-electron chi connectivity index (χ1n) is 5.72. The van der Waals surface area contributed by atoms with Gasteiger partial charge in [0.1, 0.15) is 4.90 Å². The molecule has 3 N–H and O–H groups in total. The van der Waals surface area contributed by atoms with Crippen LogP contribution in [-0.2, 0) is 14.8 Å². The van der Waals surface area contributed by atoms with Gasteiger partial charge in [0, 0.05) is 20.3 Å². The fourth-order valence-corrected chi connectivity index (χ4v) is 3.23. The van der Waals surface area contributed by atoms with Crippen molar-refractivity contribution in [1.82, 2.24) is 4.72 Å². The lowest BCUT2D eigenvalue weighted by atomic mass is 10.2. The van der Waals surface area contributed by atoms with Crippen molar-refractivity contribution in [2.24, 2.45) is 5.92 Å². The van der Waals surface area contributed by atoms with Crippen molar-refractivity contribution >= 4 is 15.7 Å². The molecule has 0 bridgehead atoms. The third-order valence-electron chi connectivity index (χ3n) is 2.58. The summed E-state index contributed by atoms with van der Waals surface area (Å²) in [5, 5.41) is 0. The maximum absolute atomic E-state index is 12.2. The average molecular weight is 272 g/mol. The maximum Gasteiger partial charge on any atom is 0.242 e. The zero-order valence-electron chi connectivity index (χ0n) is 10.9. The van der Waals surface area contributed by atoms with E-state index in [-0.39, 0.29) is 16.5 Å². The summed E-state index contributed by atoms with van der Waals surface area (Å²) >= 11 is 0. The molecule has 5 nitrogen and oxygen atoms in total. The molecule has 0 amide bonds. The number of anilines is 1. The van der Waals surface area contributed by atoms with Gasteiger partial charge in [-0.3, -0.25) is 0 Å². The zero-order valence-corrected chi connectivity index (χ0v) is 11.8. The Kier molecular flexibility index (Phi) is 5.13. The van der Waals surface area contributed by atoms with Gasteiger partial charge in [0.2, 0.25) is 10.0 Å². The zero-order chi connectivity index (χ0) is 13.8. The third kappa shape index (κ3) is 3.69. The fourth-order valence-electron chi connectivity index (χ4n) is 1.71. The molecule has 0 heterocycles. The van der Waals surface area contributed by atoms with E-state index in [1.54, 1.807) is 32.2 Å². The quantitative estimate of drug-likeness (QED) is 0.761. The lowest BCUT2D eigenvalue weighted by molar-refractivity contribution is 0.161. The predicted molar refractivity (Wildman–Crippen MR) is 71.8 cm³/mol. The van der Waals surface area contributed by atoms with Crippen LogP contribution in [0.25, 0.3) is 0 Å². The average Bonchev–Trinajstić information content (AvgIpc) is 2.26. The molecule has 0 saturated heterocycles. The predicted octanol–water partition coefficient (Wildman–Crippen LogP) is 1.14. The van der Waals surface area contributed by atoms with E-state index in [1.807, 2.05) is 6.92 Å². The summed E-state index contributed by atoms with van der Waals surface area (Å²) in [6, 6.07) is 5.04. The molecule has 18 heavy (non-hydrogen) atoms. The van der Waals surface area contributed by atoms with Crippen LogP contribution in [0.2, 0.25) is 0 Å². The molecule has 0 aliphatic carbocycles. The van der Waals surface area contributed by atoms with Gasteiger partial charge >= 0.3 is 0 Å². The van der Waals surface area contributed by atoms with E-state index < -0.39 is 10.0 Å². The van der Waals surface area contributed by atoms with E-state index >= 15 is 0 Å². The molecule has 0 spiro atoms. The normalized spacial score (nSPS) is 13.5. The van der Waals surface area contributed by atoms with Crippen LogP contribution < -0.4 is 10.5 Å². The van der Waals surface area contributed by atoms with Crippen LogP contribution in [0.4, 0.5) is 5.69 Å². The number of nitrogens with one attached hydrogen (secondary N) is 1. The Morgan fingerprint density at radius 2 is 2.11 bits per heavy atom. The molecular formula is C12H20N2O3S. The standard InChI is InChI=1S/C12H20N2O3S/c1-9(8-17-3)7-14-18(15,16)12-10(2)5-4-6-11(12)13/h4-6,9,14H,7-8,13H2,1-3H3. The Morgan fingerprint density at radius 3 is 2.67 bits per heavy atom. The molecule has 1 atom stereocenters. The second kappa shape index (κ2) is 6.17. The second-order valence-corrected chi connectivity index (χ2v) is 6.11. The first-order valence-corrected chi connectivity index (χ1v) is 7.20. The van der Waals surface area contributed by atoms with Gasteiger partial charge in [-0.2, -0.15) is 0 Å². The van der Waals surface area contributed by atoms with Crippen LogP contribution in [0.15, 0.2) is 23.1 Å². The van der Waals surface area contributed by atoms with Gasteiger partial charge in [-0.1, -0.05) is 19.1 Å². The molecule has 1 unspecified atom stereocenters. The van der Waals surface area contributed by atoms with E-state index in [2.05, 4.69) is 4.72 Å². The van der Waals surface area contributed by atoms with Gasteiger partial charge in [-0.25, -0.2) is 13.1 Å². The highest BCUT2D eigenvalue weighted by Crippen LogP contribution is 2.21. The Balaban J connectivity index is 2.87. The largest absolute Gasteiger partial charge is 0.398 e. The van der Waals surface area contributed by atoms with Crippen molar-refractivity contribution in [3.8, 4) is 0 Å². The van der Waals surface area contributed by atoms with Gasteiger partial charge in [0.05, 0.1) is 5.69 Å². The van der Waals surface area contributed by atoms with E-state index in [0.717, 1.165) is 0 Å². The minimum atomic E-state index is -3.57. The molecule has 0 aliphatic rings. The van der Waals surface area contributed by atoms with Gasteiger partial charge < -0.3 is 10.5 Å². The number of aryl methyl sites for hydroxylation is 1. The summed E-state index contributed by atoms with van der Waals surface area (Å²) < 4.78 is 31.8. The van der Waals surface area contributed by atoms with Crippen LogP contribution in [0.1, 0.15) is 12.5 Å². The first kappa shape index (κ1) is 14.9. The van der Waals surface area contributed by atoms with E-state index in [9.17, 15) is 8.42 Å². The van der Waals surface area contributed by atoms with Crippen LogP contribution in [0.5, 0.6) is 0 Å². The number of hydrogen-bond donors (Lipinski definition) is 2. The molecular weight excluding hydrogens is 252 g/mol. The van der Waals surface area contributed by atoms with E-state index in [0.29, 0.717) is 18.7 Å². The van der Waals surface area contributed by atoms with Gasteiger partial charge in [0.25, 0.3) is 0 Å². The number of rotatable bonds is 6. The van der Waals surface area contributed by atoms with Crippen LogP contribution in [0, 0.1) is 12.8 Å². The molecule has 0 aromatic heterocycles. The molecule has 0 aliphatic heterocycles.